The second-order valence-electron chi connectivity index (χ2n) is 4.66. The van der Waals surface area contributed by atoms with Crippen molar-refractivity contribution in [2.45, 2.75) is 27.2 Å². The lowest BCUT2D eigenvalue weighted by Gasteiger charge is -2.27. The Hall–Kier alpha value is -0.0000000000000000416. The highest BCUT2D eigenvalue weighted by atomic mass is 32.7. The standard InChI is InChI=1S/C11H25N2O3PS/c1-5-13-7-6-11(3,4)10(2)16-8-9-18-17(12,14)15/h13H,2,5-9H2,1,3-4H3,(H3,12,14,15). The normalized spacial score (nSPS) is 15.2. The van der Waals surface area contributed by atoms with Crippen LogP contribution in [-0.2, 0) is 9.30 Å². The zero-order valence-electron chi connectivity index (χ0n) is 11.4. The molecule has 0 aliphatic heterocycles. The molecule has 1 atom stereocenters. The van der Waals surface area contributed by atoms with Gasteiger partial charge < -0.3 is 14.9 Å². The van der Waals surface area contributed by atoms with E-state index in [2.05, 4.69) is 32.7 Å². The van der Waals surface area contributed by atoms with E-state index in [0.717, 1.165) is 30.9 Å². The number of hydrogen-bond donors (Lipinski definition) is 3. The lowest BCUT2D eigenvalue weighted by molar-refractivity contribution is 0.152. The third kappa shape index (κ3) is 9.00. The zero-order chi connectivity index (χ0) is 14.2. The van der Waals surface area contributed by atoms with Crippen LogP contribution in [0.25, 0.3) is 0 Å². The van der Waals surface area contributed by atoms with E-state index < -0.39 is 6.72 Å². The number of ether oxygens (including phenoxy) is 1. The Morgan fingerprint density at radius 2 is 2.22 bits per heavy atom. The van der Waals surface area contributed by atoms with Gasteiger partial charge in [0.1, 0.15) is 0 Å². The Kier molecular flexibility index (Phi) is 8.23. The van der Waals surface area contributed by atoms with Crippen molar-refractivity contribution in [1.29, 1.82) is 0 Å². The number of allylic oxidation sites excluding steroid dienone is 1. The van der Waals surface area contributed by atoms with Gasteiger partial charge in [-0.1, -0.05) is 38.7 Å². The fourth-order valence-corrected chi connectivity index (χ4v) is 2.67. The first kappa shape index (κ1) is 18.0. The van der Waals surface area contributed by atoms with Crippen LogP contribution in [0.3, 0.4) is 0 Å². The van der Waals surface area contributed by atoms with Gasteiger partial charge in [0.15, 0.2) is 0 Å². The highest BCUT2D eigenvalue weighted by Crippen LogP contribution is 2.46. The second-order valence-corrected chi connectivity index (χ2v) is 8.80. The maximum atomic E-state index is 10.8. The lowest BCUT2D eigenvalue weighted by Crippen LogP contribution is -2.24. The quantitative estimate of drug-likeness (QED) is 0.326. The highest BCUT2D eigenvalue weighted by Gasteiger charge is 2.23. The van der Waals surface area contributed by atoms with Crippen LogP contribution >= 0.6 is 18.1 Å². The van der Waals surface area contributed by atoms with Crippen molar-refractivity contribution in [3.05, 3.63) is 12.3 Å². The second kappa shape index (κ2) is 8.23. The molecular formula is C11H25N2O3PS. The van der Waals surface area contributed by atoms with Crippen molar-refractivity contribution < 1.29 is 14.2 Å². The van der Waals surface area contributed by atoms with Crippen LogP contribution in [-0.4, -0.2) is 30.3 Å². The molecule has 7 heteroatoms. The van der Waals surface area contributed by atoms with Crippen LogP contribution in [0, 0.1) is 5.41 Å². The molecule has 0 fully saturated rings. The molecule has 0 saturated carbocycles. The summed E-state index contributed by atoms with van der Waals surface area (Å²) in [5, 5.41) is 3.26. The van der Waals surface area contributed by atoms with E-state index in [9.17, 15) is 4.57 Å². The molecule has 108 valence electrons. The number of rotatable bonds is 10. The lowest BCUT2D eigenvalue weighted by atomic mass is 9.87. The number of nitrogens with one attached hydrogen (secondary N) is 1. The molecule has 0 heterocycles. The van der Waals surface area contributed by atoms with Gasteiger partial charge in [0.2, 0.25) is 0 Å². The molecule has 5 nitrogen and oxygen atoms in total. The molecule has 0 rings (SSSR count). The van der Waals surface area contributed by atoms with Crippen molar-refractivity contribution in [1.82, 2.24) is 5.32 Å². The zero-order valence-corrected chi connectivity index (χ0v) is 13.2. The van der Waals surface area contributed by atoms with E-state index in [4.69, 9.17) is 15.1 Å². The average molecular weight is 296 g/mol. The summed E-state index contributed by atoms with van der Waals surface area (Å²) < 4.78 is 16.3. The molecule has 4 N–H and O–H groups in total. The molecule has 1 unspecified atom stereocenters. The summed E-state index contributed by atoms with van der Waals surface area (Å²) in [6.07, 6.45) is 0.933. The first-order valence-electron chi connectivity index (χ1n) is 5.98. The topological polar surface area (TPSA) is 84.6 Å². The van der Waals surface area contributed by atoms with Gasteiger partial charge in [-0.25, -0.2) is 0 Å². The molecule has 0 radical (unpaired) electrons. The Morgan fingerprint density at radius 3 is 2.72 bits per heavy atom. The summed E-state index contributed by atoms with van der Waals surface area (Å²) >= 11 is 0.818. The molecule has 0 bridgehead atoms. The molecule has 0 aliphatic carbocycles. The summed E-state index contributed by atoms with van der Waals surface area (Å²) in [7, 11) is 0. The third-order valence-corrected chi connectivity index (χ3v) is 4.94. The minimum absolute atomic E-state index is 0.113. The molecule has 18 heavy (non-hydrogen) atoms. The van der Waals surface area contributed by atoms with Crippen LogP contribution in [0.4, 0.5) is 0 Å². The van der Waals surface area contributed by atoms with Crippen LogP contribution in [0.1, 0.15) is 27.2 Å². The predicted octanol–water partition coefficient (Wildman–Crippen LogP) is 2.33. The van der Waals surface area contributed by atoms with Crippen molar-refractivity contribution >= 4 is 18.1 Å². The Labute approximate surface area is 114 Å². The molecule has 0 spiro atoms. The van der Waals surface area contributed by atoms with E-state index in [-0.39, 0.29) is 5.41 Å². The van der Waals surface area contributed by atoms with Crippen molar-refractivity contribution in [3.63, 3.8) is 0 Å². The summed E-state index contributed by atoms with van der Waals surface area (Å²) in [6, 6.07) is 0. The minimum Gasteiger partial charge on any atom is -0.497 e. The Morgan fingerprint density at radius 1 is 1.61 bits per heavy atom. The number of nitrogens with two attached hydrogens (primary N) is 1. The third-order valence-electron chi connectivity index (χ3n) is 2.57. The van der Waals surface area contributed by atoms with Gasteiger partial charge >= 0.3 is 6.72 Å². The van der Waals surface area contributed by atoms with Crippen LogP contribution in [0.15, 0.2) is 12.3 Å². The molecule has 0 aliphatic rings. The fraction of sp³-hybridized carbons (Fsp3) is 0.818. The van der Waals surface area contributed by atoms with Gasteiger partial charge in [-0.2, -0.15) is 0 Å². The Bertz CT molecular complexity index is 305. The van der Waals surface area contributed by atoms with Gasteiger partial charge in [0, 0.05) is 11.2 Å². The highest BCUT2D eigenvalue weighted by molar-refractivity contribution is 8.55. The molecule has 0 saturated heterocycles. The molecule has 0 aromatic heterocycles. The maximum absolute atomic E-state index is 10.8. The summed E-state index contributed by atoms with van der Waals surface area (Å²) in [5.41, 5.74) is 4.89. The SMILES string of the molecule is C=C(OCCSP(N)(=O)O)C(C)(C)CCNCC. The minimum atomic E-state index is -3.49. The molecular weight excluding hydrogens is 271 g/mol. The van der Waals surface area contributed by atoms with E-state index in [1.54, 1.807) is 0 Å². The first-order chi connectivity index (χ1) is 8.19. The van der Waals surface area contributed by atoms with Crippen molar-refractivity contribution in [2.24, 2.45) is 10.9 Å². The first-order valence-corrected chi connectivity index (χ1v) is 9.30. The molecule has 0 aromatic rings. The average Bonchev–Trinajstić information content (AvgIpc) is 2.23. The van der Waals surface area contributed by atoms with Gasteiger partial charge in [-0.05, 0) is 19.5 Å². The summed E-state index contributed by atoms with van der Waals surface area (Å²) in [4.78, 5) is 8.90. The van der Waals surface area contributed by atoms with Crippen LogP contribution in [0.5, 0.6) is 0 Å². The largest absolute Gasteiger partial charge is 0.497 e. The van der Waals surface area contributed by atoms with E-state index in [0.29, 0.717) is 18.1 Å². The van der Waals surface area contributed by atoms with Crippen LogP contribution in [0.2, 0.25) is 0 Å². The monoisotopic (exact) mass is 296 g/mol. The number of hydrogen-bond acceptors (Lipinski definition) is 4. The van der Waals surface area contributed by atoms with E-state index >= 15 is 0 Å². The van der Waals surface area contributed by atoms with E-state index in [1.165, 1.54) is 0 Å². The molecule has 0 amide bonds. The van der Waals surface area contributed by atoms with Gasteiger partial charge in [0.25, 0.3) is 0 Å². The fourth-order valence-electron chi connectivity index (χ4n) is 1.25. The smallest absolute Gasteiger partial charge is 0.321 e. The Balaban J connectivity index is 3.89. The summed E-state index contributed by atoms with van der Waals surface area (Å²) in [5.74, 6) is 1.08. The van der Waals surface area contributed by atoms with Crippen molar-refractivity contribution in [2.75, 3.05) is 25.4 Å². The van der Waals surface area contributed by atoms with Crippen molar-refractivity contribution in [3.8, 4) is 0 Å². The van der Waals surface area contributed by atoms with Gasteiger partial charge in [-0.15, -0.1) is 0 Å². The van der Waals surface area contributed by atoms with Gasteiger partial charge in [0.05, 0.1) is 12.4 Å². The van der Waals surface area contributed by atoms with Crippen LogP contribution < -0.4 is 10.8 Å². The maximum Gasteiger partial charge on any atom is 0.321 e. The van der Waals surface area contributed by atoms with Gasteiger partial charge in [-0.3, -0.25) is 10.1 Å². The predicted molar refractivity (Wildman–Crippen MR) is 78.5 cm³/mol. The summed E-state index contributed by atoms with van der Waals surface area (Å²) in [6.45, 7) is 8.83. The van der Waals surface area contributed by atoms with E-state index in [1.807, 2.05) is 0 Å². The molecule has 0 aromatic carbocycles.